The summed E-state index contributed by atoms with van der Waals surface area (Å²) >= 11 is 13.3. The van der Waals surface area contributed by atoms with Crippen molar-refractivity contribution in [3.63, 3.8) is 0 Å². The summed E-state index contributed by atoms with van der Waals surface area (Å²) in [7, 11) is 0. The van der Waals surface area contributed by atoms with E-state index in [1.807, 2.05) is 0 Å². The van der Waals surface area contributed by atoms with E-state index >= 15 is 0 Å². The van der Waals surface area contributed by atoms with E-state index < -0.39 is 23.5 Å². The second-order valence-corrected chi connectivity index (χ2v) is 9.54. The Morgan fingerprint density at radius 3 is 2.56 bits per heavy atom. The third-order valence-corrected chi connectivity index (χ3v) is 7.17. The molecule has 34 heavy (non-hydrogen) atoms. The number of carbonyl (C=O) groups is 2. The zero-order valence-electron chi connectivity index (χ0n) is 18.0. The molecule has 0 saturated carbocycles. The lowest BCUT2D eigenvalue weighted by Gasteiger charge is -2.24. The van der Waals surface area contributed by atoms with Crippen LogP contribution in [0.15, 0.2) is 63.5 Å². The molecule has 1 atom stereocenters. The van der Waals surface area contributed by atoms with Crippen LogP contribution in [0.3, 0.4) is 0 Å². The largest absolute Gasteiger partial charge is 0.463 e. The van der Waals surface area contributed by atoms with Crippen LogP contribution in [-0.4, -0.2) is 23.1 Å². The molecule has 1 N–H and O–H groups in total. The van der Waals surface area contributed by atoms with Crippen LogP contribution in [0.4, 0.5) is 5.69 Å². The second-order valence-electron chi connectivity index (χ2n) is 7.69. The molecule has 0 unspecified atom stereocenters. The Balaban J connectivity index is 1.82. The minimum Gasteiger partial charge on any atom is -0.463 e. The number of esters is 1. The zero-order valence-corrected chi connectivity index (χ0v) is 20.3. The summed E-state index contributed by atoms with van der Waals surface area (Å²) < 4.78 is 6.94. The Morgan fingerprint density at radius 2 is 1.85 bits per heavy atom. The van der Waals surface area contributed by atoms with E-state index in [0.717, 1.165) is 11.3 Å². The highest BCUT2D eigenvalue weighted by molar-refractivity contribution is 7.07. The van der Waals surface area contributed by atoms with Gasteiger partial charge in [0.15, 0.2) is 4.80 Å². The minimum atomic E-state index is -0.787. The standard InChI is InChI=1S/C24H17Cl2N3O4S/c1-3-33-23(32)17-11(2)27-24-29(19(17)12-4-6-13(25)7-5-12)22(31)20(34-24)18-15-10-14(26)8-9-16(15)28-21(18)30/h4-10,19H,3H2,1-2H3,(H,28,30)/b20-18-/t19-/m1/s1. The van der Waals surface area contributed by atoms with Gasteiger partial charge in [0.25, 0.3) is 11.5 Å². The van der Waals surface area contributed by atoms with Crippen LogP contribution in [0.5, 0.6) is 0 Å². The molecule has 2 aromatic carbocycles. The van der Waals surface area contributed by atoms with E-state index in [9.17, 15) is 14.4 Å². The van der Waals surface area contributed by atoms with Crippen molar-refractivity contribution >= 4 is 57.7 Å². The number of hydrogen-bond donors (Lipinski definition) is 1. The summed E-state index contributed by atoms with van der Waals surface area (Å²) in [6, 6.07) is 11.1. The van der Waals surface area contributed by atoms with Gasteiger partial charge in [-0.15, -0.1) is 0 Å². The van der Waals surface area contributed by atoms with Gasteiger partial charge >= 0.3 is 5.97 Å². The average Bonchev–Trinajstić information content (AvgIpc) is 3.28. The summed E-state index contributed by atoms with van der Waals surface area (Å²) in [6.07, 6.45) is 0. The molecule has 0 spiro atoms. The lowest BCUT2D eigenvalue weighted by molar-refractivity contribution is -0.139. The Bertz CT molecular complexity index is 1590. The number of benzene rings is 2. The fraction of sp³-hybridized carbons (Fsp3) is 0.167. The van der Waals surface area contributed by atoms with Gasteiger partial charge in [0, 0.05) is 21.3 Å². The van der Waals surface area contributed by atoms with Crippen LogP contribution < -0.4 is 20.2 Å². The number of fused-ring (bicyclic) bond motifs is 2. The number of amides is 1. The van der Waals surface area contributed by atoms with Crippen molar-refractivity contribution in [2.75, 3.05) is 11.9 Å². The Kier molecular flexibility index (Phi) is 5.67. The quantitative estimate of drug-likeness (QED) is 0.543. The fourth-order valence-electron chi connectivity index (χ4n) is 4.17. The van der Waals surface area contributed by atoms with E-state index in [-0.39, 0.29) is 22.3 Å². The number of ether oxygens (including phenoxy) is 1. The molecule has 0 fully saturated rings. The topological polar surface area (TPSA) is 89.8 Å². The average molecular weight is 514 g/mol. The third kappa shape index (κ3) is 3.58. The predicted octanol–water partition coefficient (Wildman–Crippen LogP) is 3.43. The fourth-order valence-corrected chi connectivity index (χ4v) is 5.61. The number of anilines is 1. The molecule has 172 valence electrons. The molecule has 1 aromatic heterocycles. The van der Waals surface area contributed by atoms with E-state index in [1.165, 1.54) is 4.57 Å². The molecular weight excluding hydrogens is 497 g/mol. The number of halogens is 2. The monoisotopic (exact) mass is 513 g/mol. The number of rotatable bonds is 3. The maximum Gasteiger partial charge on any atom is 0.338 e. The summed E-state index contributed by atoms with van der Waals surface area (Å²) in [5.74, 6) is -0.954. The molecular formula is C24H17Cl2N3O4S. The van der Waals surface area contributed by atoms with Crippen molar-refractivity contribution in [2.45, 2.75) is 19.9 Å². The molecule has 2 aliphatic rings. The van der Waals surface area contributed by atoms with E-state index in [2.05, 4.69) is 10.3 Å². The number of carbonyl (C=O) groups excluding carboxylic acids is 2. The van der Waals surface area contributed by atoms with Crippen LogP contribution in [0, 0.1) is 0 Å². The van der Waals surface area contributed by atoms with Gasteiger partial charge in [-0.25, -0.2) is 9.79 Å². The first-order chi connectivity index (χ1) is 16.3. The van der Waals surface area contributed by atoms with Crippen LogP contribution in [0.1, 0.15) is 31.0 Å². The molecule has 0 saturated heterocycles. The van der Waals surface area contributed by atoms with E-state index in [1.54, 1.807) is 56.3 Å². The van der Waals surface area contributed by atoms with Gasteiger partial charge in [0.1, 0.15) is 4.53 Å². The van der Waals surface area contributed by atoms with Crippen molar-refractivity contribution in [3.05, 3.63) is 94.6 Å². The van der Waals surface area contributed by atoms with Gasteiger partial charge in [-0.3, -0.25) is 14.2 Å². The number of hydrogen-bond acceptors (Lipinski definition) is 6. The second kappa shape index (κ2) is 8.54. The highest BCUT2D eigenvalue weighted by Crippen LogP contribution is 2.33. The number of nitrogens with zero attached hydrogens (tertiary/aromatic N) is 2. The van der Waals surface area contributed by atoms with Gasteiger partial charge in [-0.1, -0.05) is 46.7 Å². The first-order valence-electron chi connectivity index (χ1n) is 10.4. The Labute approximate surface area is 207 Å². The molecule has 2 aliphatic heterocycles. The number of allylic oxidation sites excluding steroid dienone is 1. The van der Waals surface area contributed by atoms with Crippen molar-refractivity contribution in [1.29, 1.82) is 0 Å². The number of nitrogens with one attached hydrogen (secondary N) is 1. The number of aromatic nitrogens is 1. The molecule has 5 rings (SSSR count). The SMILES string of the molecule is CCOC(=O)C1=C(C)N=c2s/c(=C3\C(=O)Nc4ccc(Cl)cc43)c(=O)n2[C@@H]1c1ccc(Cl)cc1. The van der Waals surface area contributed by atoms with Gasteiger partial charge in [0.05, 0.1) is 29.5 Å². The molecule has 7 nitrogen and oxygen atoms in total. The maximum absolute atomic E-state index is 13.8. The highest BCUT2D eigenvalue weighted by Gasteiger charge is 2.35. The summed E-state index contributed by atoms with van der Waals surface area (Å²) in [5.41, 5.74) is 2.28. The van der Waals surface area contributed by atoms with Gasteiger partial charge in [-0.05, 0) is 49.7 Å². The zero-order chi connectivity index (χ0) is 24.1. The van der Waals surface area contributed by atoms with Gasteiger partial charge < -0.3 is 10.1 Å². The lowest BCUT2D eigenvalue weighted by atomic mass is 9.96. The van der Waals surface area contributed by atoms with Crippen molar-refractivity contribution in [1.82, 2.24) is 4.57 Å². The smallest absolute Gasteiger partial charge is 0.338 e. The highest BCUT2D eigenvalue weighted by atomic mass is 35.5. The Morgan fingerprint density at radius 1 is 1.15 bits per heavy atom. The molecule has 3 heterocycles. The number of thiazole rings is 1. The van der Waals surface area contributed by atoms with Crippen molar-refractivity contribution in [3.8, 4) is 0 Å². The molecule has 0 aliphatic carbocycles. The van der Waals surface area contributed by atoms with Crippen LogP contribution >= 0.6 is 34.5 Å². The van der Waals surface area contributed by atoms with E-state index in [4.69, 9.17) is 27.9 Å². The van der Waals surface area contributed by atoms with Crippen LogP contribution in [0.25, 0.3) is 5.57 Å². The molecule has 10 heteroatoms. The van der Waals surface area contributed by atoms with E-state index in [0.29, 0.717) is 37.4 Å². The first-order valence-corrected chi connectivity index (χ1v) is 12.0. The van der Waals surface area contributed by atoms with Crippen LogP contribution in [0.2, 0.25) is 10.0 Å². The van der Waals surface area contributed by atoms with Crippen molar-refractivity contribution in [2.24, 2.45) is 4.99 Å². The lowest BCUT2D eigenvalue weighted by Crippen LogP contribution is -2.40. The molecule has 0 bridgehead atoms. The molecule has 1 amide bonds. The van der Waals surface area contributed by atoms with Crippen molar-refractivity contribution < 1.29 is 14.3 Å². The molecule has 0 radical (unpaired) electrons. The normalized spacial score (nSPS) is 18.2. The summed E-state index contributed by atoms with van der Waals surface area (Å²) in [4.78, 5) is 44.5. The predicted molar refractivity (Wildman–Crippen MR) is 131 cm³/mol. The maximum atomic E-state index is 13.8. The first kappa shape index (κ1) is 22.6. The third-order valence-electron chi connectivity index (χ3n) is 5.63. The summed E-state index contributed by atoms with van der Waals surface area (Å²) in [6.45, 7) is 3.59. The summed E-state index contributed by atoms with van der Waals surface area (Å²) in [5, 5.41) is 3.74. The van der Waals surface area contributed by atoms with Gasteiger partial charge in [0.2, 0.25) is 0 Å². The molecule has 3 aromatic rings. The van der Waals surface area contributed by atoms with Gasteiger partial charge in [-0.2, -0.15) is 0 Å². The van der Waals surface area contributed by atoms with Crippen LogP contribution in [-0.2, 0) is 14.3 Å². The Hall–Kier alpha value is -3.20. The minimum absolute atomic E-state index is 0.176.